The molecule has 5 nitrogen and oxygen atoms in total. The Morgan fingerprint density at radius 3 is 2.18 bits per heavy atom. The maximum atomic E-state index is 14.6. The average Bonchev–Trinajstić information content (AvgIpc) is 3.58. The van der Waals surface area contributed by atoms with Crippen molar-refractivity contribution in [2.45, 2.75) is 51.5 Å². The van der Waals surface area contributed by atoms with E-state index >= 15 is 0 Å². The highest BCUT2D eigenvalue weighted by Crippen LogP contribution is 2.47. The number of hydrogen-bond donors (Lipinski definition) is 0. The van der Waals surface area contributed by atoms with Crippen molar-refractivity contribution in [2.24, 2.45) is 11.8 Å². The summed E-state index contributed by atoms with van der Waals surface area (Å²) < 4.78 is 1.73. The molecule has 2 aliphatic rings. The predicted octanol–water partition coefficient (Wildman–Crippen LogP) is 7.64. The normalized spacial score (nSPS) is 23.0. The van der Waals surface area contributed by atoms with Crippen LogP contribution in [0.2, 0.25) is 0 Å². The average molecular weight is 506 g/mol. The summed E-state index contributed by atoms with van der Waals surface area (Å²) >= 11 is 0. The molecule has 4 atom stereocenters. The molecule has 6 rings (SSSR count). The maximum Gasteiger partial charge on any atom is 0.255 e. The Kier molecular flexibility index (Phi) is 6.62. The molecule has 5 heteroatoms. The van der Waals surface area contributed by atoms with Crippen molar-refractivity contribution in [1.82, 2.24) is 9.78 Å². The second-order valence-electron chi connectivity index (χ2n) is 11.0. The molecule has 3 aromatic carbocycles. The van der Waals surface area contributed by atoms with E-state index in [-0.39, 0.29) is 11.9 Å². The molecule has 0 N–H and O–H groups in total. The van der Waals surface area contributed by atoms with E-state index in [1.807, 2.05) is 71.8 Å². The van der Waals surface area contributed by atoms with Gasteiger partial charge in [0.25, 0.3) is 5.91 Å². The smallest absolute Gasteiger partial charge is 0.255 e. The van der Waals surface area contributed by atoms with Crippen LogP contribution in [-0.2, 0) is 4.84 Å². The minimum atomic E-state index is -0.408. The zero-order chi connectivity index (χ0) is 26.2. The van der Waals surface area contributed by atoms with E-state index in [1.165, 1.54) is 5.56 Å². The molecule has 2 heterocycles. The first-order valence-corrected chi connectivity index (χ1v) is 13.8. The molecule has 0 unspecified atom stereocenters. The lowest BCUT2D eigenvalue weighted by molar-refractivity contribution is 0.0790. The van der Waals surface area contributed by atoms with Crippen molar-refractivity contribution in [3.63, 3.8) is 0 Å². The Morgan fingerprint density at radius 1 is 0.895 bits per heavy atom. The topological polar surface area (TPSA) is 47.4 Å². The summed E-state index contributed by atoms with van der Waals surface area (Å²) in [6.07, 6.45) is 2.21. The Hall–Kier alpha value is -3.70. The number of fused-ring (bicyclic) bond motifs is 1. The Morgan fingerprint density at radius 2 is 1.53 bits per heavy atom. The number of anilines is 1. The minimum absolute atomic E-state index is 0.0137. The van der Waals surface area contributed by atoms with Crippen molar-refractivity contribution >= 4 is 11.6 Å². The predicted molar refractivity (Wildman–Crippen MR) is 151 cm³/mol. The second kappa shape index (κ2) is 10.2. The fourth-order valence-electron chi connectivity index (χ4n) is 6.29. The van der Waals surface area contributed by atoms with Gasteiger partial charge in [0.05, 0.1) is 35.6 Å². The van der Waals surface area contributed by atoms with E-state index < -0.39 is 5.92 Å². The number of aromatic nitrogens is 2. The Balaban J connectivity index is 1.49. The number of hydrogen-bond acceptors (Lipinski definition) is 4. The van der Waals surface area contributed by atoms with Gasteiger partial charge in [-0.25, -0.2) is 5.06 Å². The Bertz CT molecular complexity index is 1400. The van der Waals surface area contributed by atoms with E-state index in [1.54, 1.807) is 4.68 Å². The molecule has 194 valence electrons. The van der Waals surface area contributed by atoms with E-state index in [0.717, 1.165) is 41.0 Å². The summed E-state index contributed by atoms with van der Waals surface area (Å²) in [6, 6.07) is 30.3. The van der Waals surface area contributed by atoms with E-state index in [9.17, 15) is 4.79 Å². The van der Waals surface area contributed by atoms with Crippen LogP contribution in [-0.4, -0.2) is 22.3 Å². The van der Waals surface area contributed by atoms with Crippen LogP contribution in [0.5, 0.6) is 0 Å². The second-order valence-corrected chi connectivity index (χ2v) is 11.0. The fraction of sp³-hybridized carbons (Fsp3) is 0.333. The highest BCUT2D eigenvalue weighted by molar-refractivity contribution is 5.88. The molecule has 1 aliphatic heterocycles. The van der Waals surface area contributed by atoms with Gasteiger partial charge in [0.2, 0.25) is 0 Å². The molecule has 1 saturated heterocycles. The molecular weight excluding hydrogens is 470 g/mol. The summed E-state index contributed by atoms with van der Waals surface area (Å²) in [5, 5.41) is 7.05. The molecule has 4 aromatic rings. The first-order chi connectivity index (χ1) is 18.5. The van der Waals surface area contributed by atoms with Crippen molar-refractivity contribution in [1.29, 1.82) is 0 Å². The summed E-state index contributed by atoms with van der Waals surface area (Å²) in [7, 11) is 0. The highest BCUT2D eigenvalue weighted by atomic mass is 16.7. The number of benzene rings is 3. The number of nitrogens with zero attached hydrogens (tertiary/aromatic N) is 3. The molecule has 0 amide bonds. The number of carbonyl (C=O) groups is 1. The number of para-hydroxylation sites is 1. The third-order valence-corrected chi connectivity index (χ3v) is 8.26. The van der Waals surface area contributed by atoms with E-state index in [4.69, 9.17) is 9.94 Å². The zero-order valence-corrected chi connectivity index (χ0v) is 22.3. The first kappa shape index (κ1) is 24.6. The third kappa shape index (κ3) is 4.25. The van der Waals surface area contributed by atoms with Gasteiger partial charge in [-0.3, -0.25) is 9.63 Å². The number of carbonyl (C=O) groups excluding carboxylic acids is 1. The van der Waals surface area contributed by atoms with Gasteiger partial charge in [0.1, 0.15) is 0 Å². The fourth-order valence-corrected chi connectivity index (χ4v) is 6.29. The molecule has 0 saturated carbocycles. The Labute approximate surface area is 225 Å². The van der Waals surface area contributed by atoms with Gasteiger partial charge in [-0.1, -0.05) is 99.6 Å². The first-order valence-electron chi connectivity index (χ1n) is 13.8. The van der Waals surface area contributed by atoms with Gasteiger partial charge in [-0.05, 0) is 42.4 Å². The van der Waals surface area contributed by atoms with Crippen LogP contribution in [0.25, 0.3) is 11.3 Å². The van der Waals surface area contributed by atoms with Crippen LogP contribution in [0.3, 0.4) is 0 Å². The minimum Gasteiger partial charge on any atom is -0.272 e. The van der Waals surface area contributed by atoms with Gasteiger partial charge in [-0.15, -0.1) is 0 Å². The van der Waals surface area contributed by atoms with Crippen LogP contribution in [0.1, 0.15) is 73.1 Å². The van der Waals surface area contributed by atoms with Crippen molar-refractivity contribution in [2.75, 3.05) is 11.7 Å². The van der Waals surface area contributed by atoms with Crippen molar-refractivity contribution in [3.05, 3.63) is 108 Å². The third-order valence-electron chi connectivity index (χ3n) is 8.26. The summed E-state index contributed by atoms with van der Waals surface area (Å²) in [6.45, 7) is 7.11. The van der Waals surface area contributed by atoms with Gasteiger partial charge in [0.15, 0.2) is 0 Å². The van der Waals surface area contributed by atoms with Gasteiger partial charge >= 0.3 is 0 Å². The largest absolute Gasteiger partial charge is 0.272 e. The highest BCUT2D eigenvalue weighted by Gasteiger charge is 2.44. The van der Waals surface area contributed by atoms with Gasteiger partial charge < -0.3 is 0 Å². The summed E-state index contributed by atoms with van der Waals surface area (Å²) in [4.78, 5) is 20.9. The number of hydroxylamine groups is 1. The zero-order valence-electron chi connectivity index (χ0n) is 22.3. The molecule has 0 bridgehead atoms. The van der Waals surface area contributed by atoms with Gasteiger partial charge in [0, 0.05) is 17.0 Å². The molecule has 1 fully saturated rings. The van der Waals surface area contributed by atoms with Crippen molar-refractivity contribution in [3.8, 4) is 11.3 Å². The molecule has 0 radical (unpaired) electrons. The molecule has 38 heavy (non-hydrogen) atoms. The lowest BCUT2D eigenvalue weighted by atomic mass is 9.75. The quantitative estimate of drug-likeness (QED) is 0.280. The summed E-state index contributed by atoms with van der Waals surface area (Å²) in [5.41, 5.74) is 6.33. The molecule has 0 spiro atoms. The van der Waals surface area contributed by atoms with Crippen LogP contribution >= 0.6 is 0 Å². The maximum absolute atomic E-state index is 14.6. The standard InChI is InChI=1S/C33H35N3O2/c1-22(2)27-20-19-23(3)29-30(27)34-35(32(29)25-15-9-5-10-16-25)33(37)28-21-38-36(26-17-11-6-12-18-26)31(28)24-13-7-4-8-14-24/h4-18,22-23,27-28,31H,19-21H2,1-3H3/t23-,27-,28+,31-/m1/s1. The summed E-state index contributed by atoms with van der Waals surface area (Å²) in [5.74, 6) is 0.740. The van der Waals surface area contributed by atoms with E-state index in [0.29, 0.717) is 24.4 Å². The lowest BCUT2D eigenvalue weighted by Crippen LogP contribution is -2.32. The van der Waals surface area contributed by atoms with Crippen LogP contribution < -0.4 is 5.06 Å². The SMILES string of the molecule is CC(C)[C@H]1CC[C@@H](C)c2c1nn(C(=O)[C@H]1CON(c3ccccc3)[C@@H]1c1ccccc1)c2-c1ccccc1. The number of rotatable bonds is 5. The van der Waals surface area contributed by atoms with Gasteiger partial charge in [-0.2, -0.15) is 9.78 Å². The lowest BCUT2D eigenvalue weighted by Gasteiger charge is -2.29. The van der Waals surface area contributed by atoms with Crippen molar-refractivity contribution < 1.29 is 9.63 Å². The van der Waals surface area contributed by atoms with Crippen LogP contribution in [0, 0.1) is 11.8 Å². The monoisotopic (exact) mass is 505 g/mol. The van der Waals surface area contributed by atoms with Crippen LogP contribution in [0.4, 0.5) is 5.69 Å². The molecule has 1 aromatic heterocycles. The molecular formula is C33H35N3O2. The molecule has 1 aliphatic carbocycles. The van der Waals surface area contributed by atoms with E-state index in [2.05, 4.69) is 45.0 Å². The van der Waals surface area contributed by atoms with Crippen LogP contribution in [0.15, 0.2) is 91.0 Å².